The van der Waals surface area contributed by atoms with E-state index in [4.69, 9.17) is 0 Å². The molecule has 5 heteroatoms. The molecular weight excluding hydrogens is 212 g/mol. The predicted molar refractivity (Wildman–Crippen MR) is 44.7 cm³/mol. The van der Waals surface area contributed by atoms with E-state index in [0.29, 0.717) is 0 Å². The first-order valence-corrected chi connectivity index (χ1v) is 3.93. The van der Waals surface area contributed by atoms with Crippen LogP contribution in [0.3, 0.4) is 0 Å². The Morgan fingerprint density at radius 3 is 2.91 bits per heavy atom. The van der Waals surface area contributed by atoms with Crippen LogP contribution in [0, 0.1) is 10.1 Å². The normalized spacial score (nSPS) is 23.3. The highest BCUT2D eigenvalue weighted by atomic mass is 79.9. The maximum atomic E-state index is 10.3. The van der Waals surface area contributed by atoms with Crippen molar-refractivity contribution in [1.82, 2.24) is 4.90 Å². The van der Waals surface area contributed by atoms with Crippen molar-refractivity contribution in [2.75, 3.05) is 7.05 Å². The molecule has 60 valence electrons. The van der Waals surface area contributed by atoms with E-state index in [0.717, 1.165) is 0 Å². The van der Waals surface area contributed by atoms with E-state index in [1.54, 1.807) is 18.0 Å². The summed E-state index contributed by atoms with van der Waals surface area (Å²) in [4.78, 5) is 11.6. The fraction of sp³-hybridized carbons (Fsp3) is 0.333. The Hall–Kier alpha value is -0.840. The molecule has 1 heterocycles. The van der Waals surface area contributed by atoms with Crippen LogP contribution in [-0.2, 0) is 0 Å². The molecular formula is C6H7BrN2O2. The van der Waals surface area contributed by atoms with Crippen LogP contribution in [0.1, 0.15) is 0 Å². The van der Waals surface area contributed by atoms with Gasteiger partial charge in [-0.3, -0.25) is 10.1 Å². The van der Waals surface area contributed by atoms with Crippen molar-refractivity contribution in [2.45, 2.75) is 4.95 Å². The second-order valence-electron chi connectivity index (χ2n) is 2.21. The van der Waals surface area contributed by atoms with Gasteiger partial charge in [0.25, 0.3) is 5.70 Å². The molecule has 0 radical (unpaired) electrons. The Morgan fingerprint density at radius 1 is 1.82 bits per heavy atom. The number of nitro groups is 1. The number of alkyl halides is 1. The van der Waals surface area contributed by atoms with E-state index in [9.17, 15) is 10.1 Å². The Morgan fingerprint density at radius 2 is 2.45 bits per heavy atom. The first kappa shape index (κ1) is 8.26. The average molecular weight is 219 g/mol. The molecule has 1 atom stereocenters. The second kappa shape index (κ2) is 3.04. The van der Waals surface area contributed by atoms with Crippen LogP contribution in [0.15, 0.2) is 24.0 Å². The van der Waals surface area contributed by atoms with Crippen molar-refractivity contribution in [1.29, 1.82) is 0 Å². The molecule has 0 saturated carbocycles. The zero-order valence-electron chi connectivity index (χ0n) is 5.90. The Bertz CT molecular complexity index is 237. The van der Waals surface area contributed by atoms with Crippen molar-refractivity contribution in [3.8, 4) is 0 Å². The largest absolute Gasteiger partial charge is 0.359 e. The van der Waals surface area contributed by atoms with Crippen LogP contribution in [0.4, 0.5) is 0 Å². The van der Waals surface area contributed by atoms with Crippen LogP contribution in [0.5, 0.6) is 0 Å². The predicted octanol–water partition coefficient (Wildman–Crippen LogP) is 1.33. The summed E-state index contributed by atoms with van der Waals surface area (Å²) in [7, 11) is 1.77. The third-order valence-electron chi connectivity index (χ3n) is 1.36. The van der Waals surface area contributed by atoms with Crippen LogP contribution in [0.2, 0.25) is 0 Å². The van der Waals surface area contributed by atoms with Crippen LogP contribution in [0.25, 0.3) is 0 Å². The molecule has 0 spiro atoms. The smallest absolute Gasteiger partial charge is 0.284 e. The number of hydrogen-bond acceptors (Lipinski definition) is 3. The van der Waals surface area contributed by atoms with Crippen molar-refractivity contribution in [2.24, 2.45) is 0 Å². The fourth-order valence-electron chi connectivity index (χ4n) is 0.745. The number of hydrogen-bond donors (Lipinski definition) is 0. The van der Waals surface area contributed by atoms with Crippen molar-refractivity contribution < 1.29 is 4.92 Å². The Labute approximate surface area is 72.5 Å². The van der Waals surface area contributed by atoms with Crippen LogP contribution < -0.4 is 0 Å². The highest BCUT2D eigenvalue weighted by Gasteiger charge is 2.16. The fourth-order valence-corrected chi connectivity index (χ4v) is 1.02. The molecule has 0 aromatic rings. The zero-order chi connectivity index (χ0) is 8.43. The summed E-state index contributed by atoms with van der Waals surface area (Å²) in [6.07, 6.45) is 4.69. The lowest BCUT2D eigenvalue weighted by atomic mass is 10.3. The lowest BCUT2D eigenvalue weighted by Gasteiger charge is -2.19. The number of rotatable bonds is 1. The molecule has 0 fully saturated rings. The summed E-state index contributed by atoms with van der Waals surface area (Å²) >= 11 is 3.30. The summed E-state index contributed by atoms with van der Waals surface area (Å²) in [5.41, 5.74) is 0.114. The van der Waals surface area contributed by atoms with E-state index < -0.39 is 4.92 Å². The molecule has 0 bridgehead atoms. The Kier molecular flexibility index (Phi) is 2.28. The molecule has 0 aliphatic carbocycles. The maximum Gasteiger partial charge on any atom is 0.284 e. The van der Waals surface area contributed by atoms with Gasteiger partial charge in [0.1, 0.15) is 4.95 Å². The highest BCUT2D eigenvalue weighted by molar-refractivity contribution is 9.09. The van der Waals surface area contributed by atoms with Crippen molar-refractivity contribution in [3.63, 3.8) is 0 Å². The molecule has 0 aromatic heterocycles. The molecule has 11 heavy (non-hydrogen) atoms. The minimum atomic E-state index is -0.411. The van der Waals surface area contributed by atoms with Gasteiger partial charge in [0.2, 0.25) is 0 Å². The molecule has 4 nitrogen and oxygen atoms in total. The van der Waals surface area contributed by atoms with E-state index in [1.165, 1.54) is 12.3 Å². The lowest BCUT2D eigenvalue weighted by molar-refractivity contribution is -0.420. The summed E-state index contributed by atoms with van der Waals surface area (Å²) in [5.74, 6) is 0. The van der Waals surface area contributed by atoms with Crippen LogP contribution in [-0.4, -0.2) is 21.8 Å². The summed E-state index contributed by atoms with van der Waals surface area (Å²) in [6, 6.07) is 0. The van der Waals surface area contributed by atoms with E-state index >= 15 is 0 Å². The molecule has 1 aliphatic rings. The van der Waals surface area contributed by atoms with Gasteiger partial charge in [0, 0.05) is 13.1 Å². The summed E-state index contributed by atoms with van der Waals surface area (Å²) in [5, 5.41) is 10.3. The standard InChI is InChI=1S/C6H7BrN2O2/c1-8-4-5(9(10)11)2-3-6(8)7/h2-4,6H,1H3. The van der Waals surface area contributed by atoms with Gasteiger partial charge in [0.15, 0.2) is 0 Å². The third-order valence-corrected chi connectivity index (χ3v) is 2.31. The molecule has 0 saturated heterocycles. The minimum absolute atomic E-state index is 0.0613. The maximum absolute atomic E-state index is 10.3. The van der Waals surface area contributed by atoms with E-state index in [2.05, 4.69) is 15.9 Å². The van der Waals surface area contributed by atoms with Gasteiger partial charge >= 0.3 is 0 Å². The Balaban J connectivity index is 2.80. The van der Waals surface area contributed by atoms with Gasteiger partial charge in [-0.15, -0.1) is 0 Å². The van der Waals surface area contributed by atoms with E-state index in [1.807, 2.05) is 0 Å². The number of nitrogens with zero attached hydrogens (tertiary/aromatic N) is 2. The van der Waals surface area contributed by atoms with Gasteiger partial charge in [0.05, 0.1) is 11.1 Å². The first-order valence-electron chi connectivity index (χ1n) is 3.01. The average Bonchev–Trinajstić information content (AvgIpc) is 1.94. The van der Waals surface area contributed by atoms with Gasteiger partial charge in [-0.25, -0.2) is 0 Å². The SMILES string of the molecule is CN1C=C([N+](=O)[O-])C=CC1Br. The second-order valence-corrected chi connectivity index (χ2v) is 3.15. The van der Waals surface area contributed by atoms with Gasteiger partial charge < -0.3 is 4.90 Å². The quantitative estimate of drug-likeness (QED) is 0.289. The van der Waals surface area contributed by atoms with Gasteiger partial charge in [-0.1, -0.05) is 15.9 Å². The highest BCUT2D eigenvalue weighted by Crippen LogP contribution is 2.15. The molecule has 1 rings (SSSR count). The molecule has 1 unspecified atom stereocenters. The molecule has 0 N–H and O–H groups in total. The van der Waals surface area contributed by atoms with Crippen molar-refractivity contribution in [3.05, 3.63) is 34.2 Å². The minimum Gasteiger partial charge on any atom is -0.359 e. The van der Waals surface area contributed by atoms with Gasteiger partial charge in [-0.05, 0) is 6.08 Å². The molecule has 0 aromatic carbocycles. The zero-order valence-corrected chi connectivity index (χ0v) is 7.48. The summed E-state index contributed by atoms with van der Waals surface area (Å²) < 4.78 is 0. The van der Waals surface area contributed by atoms with Crippen LogP contribution >= 0.6 is 15.9 Å². The number of halogens is 1. The third kappa shape index (κ3) is 1.80. The van der Waals surface area contributed by atoms with Gasteiger partial charge in [-0.2, -0.15) is 0 Å². The van der Waals surface area contributed by atoms with Crippen molar-refractivity contribution >= 4 is 15.9 Å². The van der Waals surface area contributed by atoms with E-state index in [-0.39, 0.29) is 10.6 Å². The first-order chi connectivity index (χ1) is 5.11. The molecule has 1 aliphatic heterocycles. The summed E-state index contributed by atoms with van der Waals surface area (Å²) in [6.45, 7) is 0. The monoisotopic (exact) mass is 218 g/mol. The molecule has 0 amide bonds. The number of likely N-dealkylation sites (N-methyl/N-ethyl adjacent to an activating group) is 1. The topological polar surface area (TPSA) is 46.4 Å². The number of allylic oxidation sites excluding steroid dienone is 1. The lowest BCUT2D eigenvalue weighted by Crippen LogP contribution is -2.23.